The van der Waals surface area contributed by atoms with Crippen LogP contribution >= 0.6 is 0 Å². The van der Waals surface area contributed by atoms with Gasteiger partial charge in [0.2, 0.25) is 0 Å². The third-order valence-electron chi connectivity index (χ3n) is 4.43. The van der Waals surface area contributed by atoms with Crippen molar-refractivity contribution in [1.29, 1.82) is 0 Å². The molecule has 0 N–H and O–H groups in total. The summed E-state index contributed by atoms with van der Waals surface area (Å²) < 4.78 is 24.0. The number of halogens is 1. The van der Waals surface area contributed by atoms with Crippen LogP contribution in [0.5, 0.6) is 5.75 Å². The monoisotopic (exact) mass is 307 g/mol. The molecular formula is C17H22FNO3. The molecule has 1 aromatic rings. The highest BCUT2D eigenvalue weighted by atomic mass is 19.1. The second-order valence-electron chi connectivity index (χ2n) is 6.04. The van der Waals surface area contributed by atoms with Gasteiger partial charge in [0.25, 0.3) is 5.91 Å². The smallest absolute Gasteiger partial charge is 0.251 e. The van der Waals surface area contributed by atoms with Crippen molar-refractivity contribution in [3.8, 4) is 5.75 Å². The Bertz CT molecular complexity index is 491. The predicted octanol–water partition coefficient (Wildman–Crippen LogP) is 2.62. The predicted molar refractivity (Wildman–Crippen MR) is 80.2 cm³/mol. The Hall–Kier alpha value is -1.62. The van der Waals surface area contributed by atoms with Crippen LogP contribution in [-0.4, -0.2) is 43.2 Å². The normalized spacial score (nSPS) is 22.8. The number of likely N-dealkylation sites (tertiary alicyclic amines) is 1. The van der Waals surface area contributed by atoms with E-state index in [0.29, 0.717) is 24.9 Å². The summed E-state index contributed by atoms with van der Waals surface area (Å²) in [4.78, 5) is 14.2. The van der Waals surface area contributed by atoms with E-state index in [9.17, 15) is 9.18 Å². The van der Waals surface area contributed by atoms with Gasteiger partial charge in [-0.3, -0.25) is 4.79 Å². The van der Waals surface area contributed by atoms with Crippen LogP contribution in [-0.2, 0) is 9.53 Å². The maximum Gasteiger partial charge on any atom is 0.251 e. The Morgan fingerprint density at radius 3 is 2.59 bits per heavy atom. The summed E-state index contributed by atoms with van der Waals surface area (Å²) in [5.74, 6) is 1.03. The first kappa shape index (κ1) is 15.3. The lowest BCUT2D eigenvalue weighted by molar-refractivity contribution is -0.142. The zero-order chi connectivity index (χ0) is 15.4. The van der Waals surface area contributed by atoms with Gasteiger partial charge < -0.3 is 14.4 Å². The molecule has 1 aromatic carbocycles. The van der Waals surface area contributed by atoms with Gasteiger partial charge in [-0.15, -0.1) is 0 Å². The van der Waals surface area contributed by atoms with Gasteiger partial charge in [0.15, 0.2) is 0 Å². The molecule has 22 heavy (non-hydrogen) atoms. The fraction of sp³-hybridized carbons (Fsp3) is 0.588. The molecule has 2 aliphatic heterocycles. The van der Waals surface area contributed by atoms with E-state index in [2.05, 4.69) is 0 Å². The van der Waals surface area contributed by atoms with Crippen molar-refractivity contribution in [2.24, 2.45) is 5.92 Å². The van der Waals surface area contributed by atoms with Crippen molar-refractivity contribution in [2.75, 3.05) is 26.3 Å². The van der Waals surface area contributed by atoms with E-state index in [0.717, 1.165) is 38.8 Å². The number of ether oxygens (including phenoxy) is 2. The summed E-state index contributed by atoms with van der Waals surface area (Å²) in [6.45, 7) is 2.87. The number of carbonyl (C=O) groups excluding carboxylic acids is 1. The molecule has 1 unspecified atom stereocenters. The molecule has 2 aliphatic rings. The van der Waals surface area contributed by atoms with Crippen molar-refractivity contribution >= 4 is 5.91 Å². The Kier molecular flexibility index (Phi) is 4.93. The van der Waals surface area contributed by atoms with E-state index in [-0.39, 0.29) is 17.8 Å². The van der Waals surface area contributed by atoms with Crippen LogP contribution in [0.15, 0.2) is 24.3 Å². The molecular weight excluding hydrogens is 285 g/mol. The summed E-state index contributed by atoms with van der Waals surface area (Å²) in [5.41, 5.74) is 0. The standard InChI is InChI=1S/C17H22FNO3/c18-14-3-5-15(6-4-14)22-12-13-7-9-19(10-8-13)17(20)16-2-1-11-21-16/h3-6,13,16H,1-2,7-12H2. The van der Waals surface area contributed by atoms with Crippen LogP contribution in [0.2, 0.25) is 0 Å². The van der Waals surface area contributed by atoms with E-state index in [1.807, 2.05) is 4.90 Å². The molecule has 1 atom stereocenters. The Balaban J connectivity index is 1.41. The SMILES string of the molecule is O=C(C1CCCO1)N1CCC(COc2ccc(F)cc2)CC1. The van der Waals surface area contributed by atoms with Gasteiger partial charge in [-0.25, -0.2) is 4.39 Å². The lowest BCUT2D eigenvalue weighted by Crippen LogP contribution is -2.44. The number of rotatable bonds is 4. The first-order valence-corrected chi connectivity index (χ1v) is 8.01. The zero-order valence-corrected chi connectivity index (χ0v) is 12.7. The van der Waals surface area contributed by atoms with Crippen LogP contribution in [0.1, 0.15) is 25.7 Å². The highest BCUT2D eigenvalue weighted by molar-refractivity contribution is 5.81. The summed E-state index contributed by atoms with van der Waals surface area (Å²) in [6.07, 6.45) is 3.51. The number of piperidine rings is 1. The summed E-state index contributed by atoms with van der Waals surface area (Å²) in [6, 6.07) is 6.09. The average Bonchev–Trinajstić information content (AvgIpc) is 3.09. The van der Waals surface area contributed by atoms with Crippen LogP contribution < -0.4 is 4.74 Å². The molecule has 0 radical (unpaired) electrons. The molecule has 4 nitrogen and oxygen atoms in total. The number of benzene rings is 1. The lowest BCUT2D eigenvalue weighted by Gasteiger charge is -2.33. The van der Waals surface area contributed by atoms with Gasteiger partial charge in [0.1, 0.15) is 17.7 Å². The first-order chi connectivity index (χ1) is 10.7. The number of carbonyl (C=O) groups is 1. The van der Waals surface area contributed by atoms with Gasteiger partial charge in [0, 0.05) is 19.7 Å². The van der Waals surface area contributed by atoms with Gasteiger partial charge in [-0.2, -0.15) is 0 Å². The molecule has 2 heterocycles. The molecule has 0 aromatic heterocycles. The van der Waals surface area contributed by atoms with E-state index >= 15 is 0 Å². The second kappa shape index (κ2) is 7.09. The van der Waals surface area contributed by atoms with Crippen LogP contribution in [0, 0.1) is 11.7 Å². The molecule has 0 saturated carbocycles. The number of amides is 1. The quantitative estimate of drug-likeness (QED) is 0.858. The average molecular weight is 307 g/mol. The minimum absolute atomic E-state index is 0.149. The maximum atomic E-state index is 12.8. The largest absolute Gasteiger partial charge is 0.493 e. The highest BCUT2D eigenvalue weighted by Gasteiger charge is 2.30. The van der Waals surface area contributed by atoms with E-state index in [1.54, 1.807) is 12.1 Å². The van der Waals surface area contributed by atoms with E-state index in [1.165, 1.54) is 12.1 Å². The van der Waals surface area contributed by atoms with Gasteiger partial charge in [-0.05, 0) is 55.9 Å². The summed E-state index contributed by atoms with van der Waals surface area (Å²) >= 11 is 0. The molecule has 0 aliphatic carbocycles. The van der Waals surface area contributed by atoms with Crippen molar-refractivity contribution < 1.29 is 18.7 Å². The Morgan fingerprint density at radius 2 is 1.95 bits per heavy atom. The molecule has 2 fully saturated rings. The molecule has 3 rings (SSSR count). The van der Waals surface area contributed by atoms with E-state index < -0.39 is 0 Å². The van der Waals surface area contributed by atoms with Crippen molar-refractivity contribution in [3.05, 3.63) is 30.1 Å². The number of hydrogen-bond donors (Lipinski definition) is 0. The van der Waals surface area contributed by atoms with Crippen molar-refractivity contribution in [2.45, 2.75) is 31.8 Å². The summed E-state index contributed by atoms with van der Waals surface area (Å²) in [5, 5.41) is 0. The van der Waals surface area contributed by atoms with Crippen LogP contribution in [0.4, 0.5) is 4.39 Å². The zero-order valence-electron chi connectivity index (χ0n) is 12.7. The van der Waals surface area contributed by atoms with Crippen LogP contribution in [0.3, 0.4) is 0 Å². The topological polar surface area (TPSA) is 38.8 Å². The Morgan fingerprint density at radius 1 is 1.23 bits per heavy atom. The fourth-order valence-electron chi connectivity index (χ4n) is 3.04. The molecule has 1 amide bonds. The molecule has 0 bridgehead atoms. The maximum absolute atomic E-state index is 12.8. The lowest BCUT2D eigenvalue weighted by atomic mass is 9.97. The van der Waals surface area contributed by atoms with E-state index in [4.69, 9.17) is 9.47 Å². The van der Waals surface area contributed by atoms with Crippen LogP contribution in [0.25, 0.3) is 0 Å². The third kappa shape index (κ3) is 3.77. The molecule has 0 spiro atoms. The van der Waals surface area contributed by atoms with Crippen molar-refractivity contribution in [3.63, 3.8) is 0 Å². The fourth-order valence-corrected chi connectivity index (χ4v) is 3.04. The Labute approximate surface area is 130 Å². The third-order valence-corrected chi connectivity index (χ3v) is 4.43. The van der Waals surface area contributed by atoms with Gasteiger partial charge in [0.05, 0.1) is 6.61 Å². The molecule has 5 heteroatoms. The highest BCUT2D eigenvalue weighted by Crippen LogP contribution is 2.22. The van der Waals surface area contributed by atoms with Crippen molar-refractivity contribution in [1.82, 2.24) is 4.90 Å². The number of nitrogens with zero attached hydrogens (tertiary/aromatic N) is 1. The minimum Gasteiger partial charge on any atom is -0.493 e. The molecule has 120 valence electrons. The van der Waals surface area contributed by atoms with Gasteiger partial charge in [-0.1, -0.05) is 0 Å². The summed E-state index contributed by atoms with van der Waals surface area (Å²) in [7, 11) is 0. The van der Waals surface area contributed by atoms with Gasteiger partial charge >= 0.3 is 0 Å². The molecule has 2 saturated heterocycles. The number of hydrogen-bond acceptors (Lipinski definition) is 3. The second-order valence-corrected chi connectivity index (χ2v) is 6.04. The minimum atomic E-state index is -0.256. The first-order valence-electron chi connectivity index (χ1n) is 8.01.